The molecule has 1 N–H and O–H groups in total. The van der Waals surface area contributed by atoms with Gasteiger partial charge in [-0.25, -0.2) is 4.79 Å². The van der Waals surface area contributed by atoms with E-state index in [0.717, 1.165) is 11.3 Å². The third-order valence-electron chi connectivity index (χ3n) is 3.22. The lowest BCUT2D eigenvalue weighted by Crippen LogP contribution is -2.42. The van der Waals surface area contributed by atoms with E-state index in [1.54, 1.807) is 9.80 Å². The molecule has 5 heteroatoms. The first-order valence-electron chi connectivity index (χ1n) is 6.90. The Morgan fingerprint density at radius 1 is 1.25 bits per heavy atom. The average molecular weight is 275 g/mol. The summed E-state index contributed by atoms with van der Waals surface area (Å²) in [6.45, 7) is 7.15. The molecule has 3 amide bonds. The average Bonchev–Trinajstić information content (AvgIpc) is 2.71. The van der Waals surface area contributed by atoms with E-state index < -0.39 is 0 Å². The van der Waals surface area contributed by atoms with Gasteiger partial charge in [-0.05, 0) is 32.9 Å². The quantitative estimate of drug-likeness (QED) is 0.910. The van der Waals surface area contributed by atoms with E-state index in [-0.39, 0.29) is 24.5 Å². The van der Waals surface area contributed by atoms with Crippen molar-refractivity contribution in [2.75, 3.05) is 24.5 Å². The van der Waals surface area contributed by atoms with Crippen LogP contribution < -0.4 is 10.2 Å². The van der Waals surface area contributed by atoms with Crippen LogP contribution >= 0.6 is 0 Å². The van der Waals surface area contributed by atoms with Crippen molar-refractivity contribution in [2.24, 2.45) is 0 Å². The summed E-state index contributed by atoms with van der Waals surface area (Å²) >= 11 is 0. The molecule has 0 spiro atoms. The van der Waals surface area contributed by atoms with E-state index in [1.165, 1.54) is 0 Å². The predicted molar refractivity (Wildman–Crippen MR) is 78.8 cm³/mol. The number of nitrogens with one attached hydrogen (secondary N) is 1. The number of carbonyl (C=O) groups excluding carboxylic acids is 2. The third-order valence-corrected chi connectivity index (χ3v) is 3.22. The topological polar surface area (TPSA) is 52.6 Å². The van der Waals surface area contributed by atoms with Crippen molar-refractivity contribution < 1.29 is 9.59 Å². The molecule has 2 rings (SSSR count). The summed E-state index contributed by atoms with van der Waals surface area (Å²) in [7, 11) is 0. The van der Waals surface area contributed by atoms with Gasteiger partial charge in [0, 0.05) is 24.8 Å². The lowest BCUT2D eigenvalue weighted by atomic mass is 10.2. The van der Waals surface area contributed by atoms with Gasteiger partial charge in [0.05, 0.1) is 0 Å². The molecule has 1 heterocycles. The van der Waals surface area contributed by atoms with Crippen LogP contribution in [0.25, 0.3) is 0 Å². The first kappa shape index (κ1) is 14.4. The van der Waals surface area contributed by atoms with Gasteiger partial charge in [0.2, 0.25) is 5.91 Å². The van der Waals surface area contributed by atoms with Gasteiger partial charge in [-0.1, -0.05) is 17.7 Å². The molecular weight excluding hydrogens is 254 g/mol. The first-order chi connectivity index (χ1) is 9.47. The Hall–Kier alpha value is -2.04. The summed E-state index contributed by atoms with van der Waals surface area (Å²) in [6.07, 6.45) is 0. The van der Waals surface area contributed by atoms with Gasteiger partial charge >= 0.3 is 6.03 Å². The molecule has 0 bridgehead atoms. The summed E-state index contributed by atoms with van der Waals surface area (Å²) in [5, 5.41) is 2.80. The van der Waals surface area contributed by atoms with Crippen LogP contribution in [0.4, 0.5) is 10.5 Å². The highest BCUT2D eigenvalue weighted by molar-refractivity contribution is 5.96. The van der Waals surface area contributed by atoms with Gasteiger partial charge in [-0.2, -0.15) is 0 Å². The fourth-order valence-electron chi connectivity index (χ4n) is 2.23. The second-order valence-corrected chi connectivity index (χ2v) is 5.41. The molecular formula is C15H21N3O2. The molecule has 1 aliphatic rings. The highest BCUT2D eigenvalue weighted by Crippen LogP contribution is 2.20. The van der Waals surface area contributed by atoms with E-state index in [1.807, 2.05) is 45.0 Å². The molecule has 0 atom stereocenters. The smallest absolute Gasteiger partial charge is 0.325 e. The number of hydrogen-bond donors (Lipinski definition) is 1. The van der Waals surface area contributed by atoms with Gasteiger partial charge in [0.25, 0.3) is 0 Å². The second-order valence-electron chi connectivity index (χ2n) is 5.41. The summed E-state index contributed by atoms with van der Waals surface area (Å²) in [5.74, 6) is -0.112. The maximum atomic E-state index is 12.3. The molecule has 0 saturated carbocycles. The van der Waals surface area contributed by atoms with Crippen molar-refractivity contribution in [1.82, 2.24) is 10.2 Å². The maximum absolute atomic E-state index is 12.3. The van der Waals surface area contributed by atoms with Crippen LogP contribution in [0.15, 0.2) is 24.3 Å². The van der Waals surface area contributed by atoms with Crippen LogP contribution in [0, 0.1) is 6.92 Å². The number of anilines is 1. The van der Waals surface area contributed by atoms with Crippen molar-refractivity contribution in [3.8, 4) is 0 Å². The molecule has 0 unspecified atom stereocenters. The van der Waals surface area contributed by atoms with Gasteiger partial charge in [-0.3, -0.25) is 9.69 Å². The van der Waals surface area contributed by atoms with E-state index >= 15 is 0 Å². The number of nitrogens with zero attached hydrogens (tertiary/aromatic N) is 2. The minimum absolute atomic E-state index is 0.0911. The normalized spacial score (nSPS) is 15.1. The molecule has 20 heavy (non-hydrogen) atoms. The zero-order valence-electron chi connectivity index (χ0n) is 12.2. The van der Waals surface area contributed by atoms with Crippen molar-refractivity contribution in [1.29, 1.82) is 0 Å². The molecule has 1 aromatic carbocycles. The van der Waals surface area contributed by atoms with Crippen molar-refractivity contribution in [3.05, 3.63) is 29.8 Å². The maximum Gasteiger partial charge on any atom is 0.325 e. The van der Waals surface area contributed by atoms with Crippen LogP contribution in [0.5, 0.6) is 0 Å². The van der Waals surface area contributed by atoms with E-state index in [0.29, 0.717) is 13.1 Å². The number of carbonyl (C=O) groups is 2. The second kappa shape index (κ2) is 5.94. The molecule has 0 radical (unpaired) electrons. The Morgan fingerprint density at radius 2 is 1.90 bits per heavy atom. The van der Waals surface area contributed by atoms with Crippen molar-refractivity contribution in [3.63, 3.8) is 0 Å². The molecule has 5 nitrogen and oxygen atoms in total. The summed E-state index contributed by atoms with van der Waals surface area (Å²) < 4.78 is 0. The van der Waals surface area contributed by atoms with Gasteiger partial charge in [0.1, 0.15) is 6.54 Å². The molecule has 1 aliphatic heterocycles. The van der Waals surface area contributed by atoms with E-state index in [2.05, 4.69) is 5.32 Å². The molecule has 0 aromatic heterocycles. The molecule has 108 valence electrons. The van der Waals surface area contributed by atoms with Gasteiger partial charge in [-0.15, -0.1) is 0 Å². The number of rotatable bonds is 4. The minimum Gasteiger partial charge on any atom is -0.352 e. The van der Waals surface area contributed by atoms with E-state index in [4.69, 9.17) is 0 Å². The van der Waals surface area contributed by atoms with Crippen LogP contribution in [-0.4, -0.2) is 42.5 Å². The Bertz CT molecular complexity index is 496. The van der Waals surface area contributed by atoms with Crippen LogP contribution in [-0.2, 0) is 4.79 Å². The largest absolute Gasteiger partial charge is 0.352 e. The lowest BCUT2D eigenvalue weighted by molar-refractivity contribution is -0.122. The first-order valence-corrected chi connectivity index (χ1v) is 6.90. The Labute approximate surface area is 119 Å². The number of benzene rings is 1. The van der Waals surface area contributed by atoms with Crippen molar-refractivity contribution in [2.45, 2.75) is 26.8 Å². The summed E-state index contributed by atoms with van der Waals surface area (Å²) in [6, 6.07) is 7.82. The summed E-state index contributed by atoms with van der Waals surface area (Å²) in [4.78, 5) is 27.3. The Morgan fingerprint density at radius 3 is 2.50 bits per heavy atom. The number of hydrogen-bond acceptors (Lipinski definition) is 2. The Kier molecular flexibility index (Phi) is 4.27. The number of aryl methyl sites for hydroxylation is 1. The zero-order chi connectivity index (χ0) is 14.7. The number of urea groups is 1. The standard InChI is InChI=1S/C15H21N3O2/c1-11(2)16-14(19)10-17-8-9-18(15(17)20)13-6-4-12(3)5-7-13/h4-7,11H,8-10H2,1-3H3,(H,16,19). The highest BCUT2D eigenvalue weighted by Gasteiger charge is 2.30. The third kappa shape index (κ3) is 3.29. The fourth-order valence-corrected chi connectivity index (χ4v) is 2.23. The van der Waals surface area contributed by atoms with E-state index in [9.17, 15) is 9.59 Å². The fraction of sp³-hybridized carbons (Fsp3) is 0.467. The minimum atomic E-state index is -0.112. The highest BCUT2D eigenvalue weighted by atomic mass is 16.2. The predicted octanol–water partition coefficient (Wildman–Crippen LogP) is 1.76. The molecule has 0 aliphatic carbocycles. The molecule has 1 aromatic rings. The lowest BCUT2D eigenvalue weighted by Gasteiger charge is -2.19. The van der Waals surface area contributed by atoms with Crippen molar-refractivity contribution >= 4 is 17.6 Å². The zero-order valence-corrected chi connectivity index (χ0v) is 12.2. The number of amides is 3. The monoisotopic (exact) mass is 275 g/mol. The van der Waals surface area contributed by atoms with Crippen LogP contribution in [0.1, 0.15) is 19.4 Å². The van der Waals surface area contributed by atoms with Crippen LogP contribution in [0.2, 0.25) is 0 Å². The SMILES string of the molecule is Cc1ccc(N2CCN(CC(=O)NC(C)C)C2=O)cc1. The van der Waals surface area contributed by atoms with Gasteiger partial charge < -0.3 is 10.2 Å². The molecule has 1 saturated heterocycles. The molecule has 1 fully saturated rings. The summed E-state index contributed by atoms with van der Waals surface area (Å²) in [5.41, 5.74) is 2.04. The van der Waals surface area contributed by atoms with Gasteiger partial charge in [0.15, 0.2) is 0 Å². The Balaban J connectivity index is 1.99. The van der Waals surface area contributed by atoms with Crippen LogP contribution in [0.3, 0.4) is 0 Å².